The summed E-state index contributed by atoms with van der Waals surface area (Å²) in [5.74, 6) is -4.87. The molecule has 2 nitrogen and oxygen atoms in total. The van der Waals surface area contributed by atoms with Gasteiger partial charge >= 0.3 is 0 Å². The highest BCUT2D eigenvalue weighted by Crippen LogP contribution is 2.23. The second kappa shape index (κ2) is 7.65. The predicted molar refractivity (Wildman–Crippen MR) is 80.0 cm³/mol. The summed E-state index contributed by atoms with van der Waals surface area (Å²) in [6.07, 6.45) is 0. The van der Waals surface area contributed by atoms with Gasteiger partial charge in [-0.15, -0.1) is 0 Å². The monoisotopic (exact) mass is 350 g/mol. The van der Waals surface area contributed by atoms with Crippen LogP contribution >= 0.6 is 11.6 Å². The zero-order chi connectivity index (χ0) is 16.9. The van der Waals surface area contributed by atoms with Crippen molar-refractivity contribution in [3.63, 3.8) is 0 Å². The topological polar surface area (TPSA) is 34.1 Å². The Morgan fingerprint density at radius 2 is 1.41 bits per heavy atom. The first kappa shape index (κ1) is 18.5. The molecule has 0 amide bonds. The number of benzene rings is 2. The Kier molecular flexibility index (Phi) is 6.44. The van der Waals surface area contributed by atoms with E-state index in [1.807, 2.05) is 13.8 Å². The van der Waals surface area contributed by atoms with Crippen molar-refractivity contribution in [3.05, 3.63) is 64.4 Å². The normalized spacial score (nSPS) is 10.8. The van der Waals surface area contributed by atoms with Gasteiger partial charge in [-0.3, -0.25) is 0 Å². The molecule has 0 aliphatic rings. The Morgan fingerprint density at radius 1 is 0.909 bits per heavy atom. The van der Waals surface area contributed by atoms with Crippen LogP contribution in [-0.4, -0.2) is 8.42 Å². The van der Waals surface area contributed by atoms with E-state index in [9.17, 15) is 21.6 Å². The SMILES string of the molecule is CC.O=S(=O)(Cc1c(F)ccc(F)c1F)c1ccc(Cl)cc1. The first-order chi connectivity index (χ1) is 10.3. The summed E-state index contributed by atoms with van der Waals surface area (Å²) in [5, 5.41) is 0.326. The lowest BCUT2D eigenvalue weighted by molar-refractivity contribution is 0.483. The molecule has 0 aliphatic carbocycles. The molecule has 0 N–H and O–H groups in total. The highest BCUT2D eigenvalue weighted by molar-refractivity contribution is 7.90. The maximum Gasteiger partial charge on any atom is 0.182 e. The van der Waals surface area contributed by atoms with Gasteiger partial charge in [0, 0.05) is 10.6 Å². The van der Waals surface area contributed by atoms with Crippen LogP contribution in [0.15, 0.2) is 41.3 Å². The third kappa shape index (κ3) is 4.24. The molecule has 0 spiro atoms. The summed E-state index contributed by atoms with van der Waals surface area (Å²) in [7, 11) is -4.00. The van der Waals surface area contributed by atoms with Crippen LogP contribution in [0, 0.1) is 17.5 Å². The Hall–Kier alpha value is -1.53. The first-order valence-corrected chi connectivity index (χ1v) is 8.45. The second-order valence-corrected chi connectivity index (χ2v) is 6.46. The van der Waals surface area contributed by atoms with Crippen LogP contribution in [-0.2, 0) is 15.6 Å². The number of hydrogen-bond acceptors (Lipinski definition) is 2. The van der Waals surface area contributed by atoms with E-state index in [1.54, 1.807) is 0 Å². The first-order valence-electron chi connectivity index (χ1n) is 6.42. The Morgan fingerprint density at radius 3 is 1.95 bits per heavy atom. The van der Waals surface area contributed by atoms with Gasteiger partial charge in [0.15, 0.2) is 21.5 Å². The van der Waals surface area contributed by atoms with Crippen molar-refractivity contribution in [2.24, 2.45) is 0 Å². The van der Waals surface area contributed by atoms with Gasteiger partial charge in [0.1, 0.15) is 5.82 Å². The minimum Gasteiger partial charge on any atom is -0.223 e. The van der Waals surface area contributed by atoms with Crippen LogP contribution in [0.2, 0.25) is 5.02 Å². The lowest BCUT2D eigenvalue weighted by Crippen LogP contribution is -2.09. The van der Waals surface area contributed by atoms with E-state index in [1.165, 1.54) is 24.3 Å². The molecule has 0 fully saturated rings. The highest BCUT2D eigenvalue weighted by atomic mass is 35.5. The molecule has 7 heteroatoms. The van der Waals surface area contributed by atoms with Crippen molar-refractivity contribution in [2.75, 3.05) is 0 Å². The predicted octanol–water partition coefficient (Wildman–Crippen LogP) is 4.76. The molecular formula is C15H14ClF3O2S. The highest BCUT2D eigenvalue weighted by Gasteiger charge is 2.22. The zero-order valence-corrected chi connectivity index (χ0v) is 13.5. The van der Waals surface area contributed by atoms with Gasteiger partial charge in [0.2, 0.25) is 0 Å². The third-order valence-electron chi connectivity index (χ3n) is 2.65. The zero-order valence-electron chi connectivity index (χ0n) is 11.9. The average molecular weight is 351 g/mol. The molecule has 2 aromatic carbocycles. The summed E-state index contributed by atoms with van der Waals surface area (Å²) in [6, 6.07) is 6.40. The van der Waals surface area contributed by atoms with Crippen molar-refractivity contribution in [1.82, 2.24) is 0 Å². The molecule has 2 aromatic rings. The van der Waals surface area contributed by atoms with Gasteiger partial charge in [-0.1, -0.05) is 25.4 Å². The maximum atomic E-state index is 13.5. The summed E-state index contributed by atoms with van der Waals surface area (Å²) in [6.45, 7) is 4.00. The van der Waals surface area contributed by atoms with Gasteiger partial charge in [-0.25, -0.2) is 21.6 Å². The molecule has 2 rings (SSSR count). The van der Waals surface area contributed by atoms with E-state index in [0.717, 1.165) is 0 Å². The van der Waals surface area contributed by atoms with E-state index in [4.69, 9.17) is 11.6 Å². The van der Waals surface area contributed by atoms with Gasteiger partial charge in [-0.05, 0) is 36.4 Å². The van der Waals surface area contributed by atoms with Gasteiger partial charge in [0.25, 0.3) is 0 Å². The van der Waals surface area contributed by atoms with E-state index in [2.05, 4.69) is 0 Å². The van der Waals surface area contributed by atoms with Crippen molar-refractivity contribution >= 4 is 21.4 Å². The van der Waals surface area contributed by atoms with Crippen LogP contribution in [0.25, 0.3) is 0 Å². The minimum atomic E-state index is -4.00. The molecule has 0 atom stereocenters. The smallest absolute Gasteiger partial charge is 0.182 e. The van der Waals surface area contributed by atoms with E-state index in [0.29, 0.717) is 17.2 Å². The van der Waals surface area contributed by atoms with Crippen LogP contribution < -0.4 is 0 Å². The fourth-order valence-electron chi connectivity index (χ4n) is 1.62. The van der Waals surface area contributed by atoms with Crippen LogP contribution in [0.5, 0.6) is 0 Å². The van der Waals surface area contributed by atoms with E-state index in [-0.39, 0.29) is 4.90 Å². The third-order valence-corrected chi connectivity index (χ3v) is 4.56. The molecule has 0 saturated heterocycles. The molecule has 120 valence electrons. The summed E-state index contributed by atoms with van der Waals surface area (Å²) in [4.78, 5) is -0.148. The minimum absolute atomic E-state index is 0.148. The fourth-order valence-corrected chi connectivity index (χ4v) is 3.10. The molecule has 0 bridgehead atoms. The van der Waals surface area contributed by atoms with Gasteiger partial charge in [0.05, 0.1) is 10.6 Å². The van der Waals surface area contributed by atoms with E-state index < -0.39 is 38.6 Å². The van der Waals surface area contributed by atoms with Crippen molar-refractivity contribution in [1.29, 1.82) is 0 Å². The van der Waals surface area contributed by atoms with Crippen molar-refractivity contribution < 1.29 is 21.6 Å². The Bertz CT molecular complexity index is 744. The number of halogens is 4. The number of sulfone groups is 1. The summed E-state index contributed by atoms with van der Waals surface area (Å²) < 4.78 is 64.0. The molecule has 0 unspecified atom stereocenters. The molecule has 0 radical (unpaired) electrons. The summed E-state index contributed by atoms with van der Waals surface area (Å²) in [5.41, 5.74) is -0.819. The lowest BCUT2D eigenvalue weighted by Gasteiger charge is -2.07. The van der Waals surface area contributed by atoms with Crippen LogP contribution in [0.3, 0.4) is 0 Å². The fraction of sp³-hybridized carbons (Fsp3) is 0.200. The van der Waals surface area contributed by atoms with Crippen molar-refractivity contribution in [3.8, 4) is 0 Å². The van der Waals surface area contributed by atoms with Crippen LogP contribution in [0.4, 0.5) is 13.2 Å². The molecular weight excluding hydrogens is 337 g/mol. The van der Waals surface area contributed by atoms with Crippen LogP contribution in [0.1, 0.15) is 19.4 Å². The second-order valence-electron chi connectivity index (χ2n) is 4.03. The Balaban J connectivity index is 0.00000116. The maximum absolute atomic E-state index is 13.5. The van der Waals surface area contributed by atoms with Gasteiger partial charge < -0.3 is 0 Å². The van der Waals surface area contributed by atoms with Gasteiger partial charge in [-0.2, -0.15) is 0 Å². The molecule has 0 aliphatic heterocycles. The number of hydrogen-bond donors (Lipinski definition) is 0. The molecule has 0 saturated carbocycles. The average Bonchev–Trinajstić information content (AvgIpc) is 2.50. The number of rotatable bonds is 3. The standard InChI is InChI=1S/C13H8ClF3O2S.C2H6/c14-8-1-3-9(4-2-8)20(18,19)7-10-11(15)5-6-12(16)13(10)17;1-2/h1-6H,7H2;1-2H3. The largest absolute Gasteiger partial charge is 0.223 e. The molecule has 0 aromatic heterocycles. The molecule has 0 heterocycles. The molecule has 22 heavy (non-hydrogen) atoms. The van der Waals surface area contributed by atoms with E-state index >= 15 is 0 Å². The summed E-state index contributed by atoms with van der Waals surface area (Å²) >= 11 is 5.63. The lowest BCUT2D eigenvalue weighted by atomic mass is 10.2. The Labute approximate surface area is 132 Å². The quantitative estimate of drug-likeness (QED) is 0.748. The van der Waals surface area contributed by atoms with Crippen molar-refractivity contribution in [2.45, 2.75) is 24.5 Å².